The highest BCUT2D eigenvalue weighted by Crippen LogP contribution is 2.30. The Kier molecular flexibility index (Phi) is 3.43. The summed E-state index contributed by atoms with van der Waals surface area (Å²) in [5, 5.41) is 21.7. The minimum atomic E-state index is -0.988. The molecule has 8 heteroatoms. The van der Waals surface area contributed by atoms with Crippen LogP contribution in [0.3, 0.4) is 0 Å². The lowest BCUT2D eigenvalue weighted by molar-refractivity contribution is -0.125. The number of phenolic OH excluding ortho intramolecular Hbond substituents is 1. The highest BCUT2D eigenvalue weighted by atomic mass is 16.3. The van der Waals surface area contributed by atoms with Gasteiger partial charge in [-0.1, -0.05) is 24.3 Å². The van der Waals surface area contributed by atoms with Gasteiger partial charge in [0.1, 0.15) is 28.0 Å². The van der Waals surface area contributed by atoms with Crippen LogP contribution in [0.2, 0.25) is 0 Å². The molecule has 8 nitrogen and oxygen atoms in total. The highest BCUT2D eigenvalue weighted by Gasteiger charge is 2.45. The van der Waals surface area contributed by atoms with Crippen LogP contribution in [0.25, 0.3) is 16.7 Å². The average molecular weight is 351 g/mol. The van der Waals surface area contributed by atoms with E-state index in [1.807, 2.05) is 24.3 Å². The highest BCUT2D eigenvalue weighted by molar-refractivity contribution is 6.06. The van der Waals surface area contributed by atoms with Gasteiger partial charge in [0.25, 0.3) is 5.91 Å². The lowest BCUT2D eigenvalue weighted by atomic mass is 10.0. The molecular formula is C18H17N5O3. The maximum absolute atomic E-state index is 12.1. The van der Waals surface area contributed by atoms with Gasteiger partial charge in [-0.2, -0.15) is 0 Å². The molecule has 26 heavy (non-hydrogen) atoms. The minimum Gasteiger partial charge on any atom is -0.505 e. The second-order valence-corrected chi connectivity index (χ2v) is 6.67. The van der Waals surface area contributed by atoms with Gasteiger partial charge in [-0.3, -0.25) is 10.1 Å². The molecule has 0 radical (unpaired) electrons. The Balaban J connectivity index is 1.72. The summed E-state index contributed by atoms with van der Waals surface area (Å²) in [6.07, 6.45) is 0. The van der Waals surface area contributed by atoms with E-state index in [-0.39, 0.29) is 18.2 Å². The molecule has 3 amide bonds. The van der Waals surface area contributed by atoms with Gasteiger partial charge in [0.2, 0.25) is 0 Å². The van der Waals surface area contributed by atoms with Gasteiger partial charge in [0.05, 0.1) is 6.54 Å². The molecule has 132 valence electrons. The van der Waals surface area contributed by atoms with E-state index in [0.717, 1.165) is 0 Å². The summed E-state index contributed by atoms with van der Waals surface area (Å²) < 4.78 is 0. The van der Waals surface area contributed by atoms with Crippen LogP contribution in [0.5, 0.6) is 5.75 Å². The number of hydrogen-bond donors (Lipinski definition) is 2. The molecule has 2 N–H and O–H groups in total. The van der Waals surface area contributed by atoms with E-state index in [2.05, 4.69) is 15.5 Å². The summed E-state index contributed by atoms with van der Waals surface area (Å²) in [5.41, 5.74) is 1.34. The molecule has 4 rings (SSSR count). The topological polar surface area (TPSA) is 100 Å². The Hall–Kier alpha value is -3.42. The van der Waals surface area contributed by atoms with E-state index in [0.29, 0.717) is 22.3 Å². The van der Waals surface area contributed by atoms with E-state index >= 15 is 0 Å². The first-order valence-corrected chi connectivity index (χ1v) is 8.14. The third kappa shape index (κ3) is 2.38. The van der Waals surface area contributed by atoms with Crippen molar-refractivity contribution in [1.82, 2.24) is 25.2 Å². The normalized spacial score (nSPS) is 16.3. The molecule has 1 aromatic heterocycles. The summed E-state index contributed by atoms with van der Waals surface area (Å²) in [6.45, 7) is 3.41. The summed E-state index contributed by atoms with van der Waals surface area (Å²) in [7, 11) is 0. The van der Waals surface area contributed by atoms with Crippen molar-refractivity contribution in [2.75, 3.05) is 0 Å². The van der Waals surface area contributed by atoms with Crippen molar-refractivity contribution in [2.24, 2.45) is 0 Å². The Morgan fingerprint density at radius 1 is 1.04 bits per heavy atom. The molecule has 2 aromatic carbocycles. The number of amides is 3. The van der Waals surface area contributed by atoms with Crippen LogP contribution in [0, 0.1) is 0 Å². The Morgan fingerprint density at radius 2 is 1.69 bits per heavy atom. The molecule has 1 aliphatic heterocycles. The summed E-state index contributed by atoms with van der Waals surface area (Å²) in [6, 6.07) is 12.1. The van der Waals surface area contributed by atoms with Crippen molar-refractivity contribution < 1.29 is 14.7 Å². The Labute approximate surface area is 149 Å². The molecule has 3 aromatic rings. The molecule has 1 saturated heterocycles. The van der Waals surface area contributed by atoms with E-state index in [9.17, 15) is 14.7 Å². The lowest BCUT2D eigenvalue weighted by Crippen LogP contribution is -2.43. The number of nitrogens with zero attached hydrogens (tertiary/aromatic N) is 4. The van der Waals surface area contributed by atoms with Crippen molar-refractivity contribution in [3.8, 4) is 11.4 Å². The summed E-state index contributed by atoms with van der Waals surface area (Å²) >= 11 is 0. The number of hydrogen-bond acceptors (Lipinski definition) is 5. The standard InChI is InChI=1S/C18H17N5O3/c1-18(2)16(25)19-17(26)22(18)10-11-6-5-9-14(15(11)24)23-20-12-7-3-4-8-13(12)21-23/h3-9,24H,10H2,1-2H3,(H,19,25,26). The van der Waals surface area contributed by atoms with Gasteiger partial charge in [0.15, 0.2) is 0 Å². The zero-order valence-corrected chi connectivity index (χ0v) is 14.3. The van der Waals surface area contributed by atoms with Gasteiger partial charge >= 0.3 is 6.03 Å². The average Bonchev–Trinajstić information content (AvgIpc) is 3.11. The number of phenols is 1. The fourth-order valence-corrected chi connectivity index (χ4v) is 2.97. The molecule has 0 atom stereocenters. The number of imide groups is 1. The number of rotatable bonds is 3. The van der Waals surface area contributed by atoms with Gasteiger partial charge in [0, 0.05) is 5.56 Å². The van der Waals surface area contributed by atoms with Gasteiger partial charge < -0.3 is 10.0 Å². The minimum absolute atomic E-state index is 0.0317. The third-order valence-corrected chi connectivity index (χ3v) is 4.62. The molecule has 2 heterocycles. The number of urea groups is 1. The van der Waals surface area contributed by atoms with Gasteiger partial charge in [-0.25, -0.2) is 4.79 Å². The Bertz CT molecular complexity index is 1010. The van der Waals surface area contributed by atoms with Crippen molar-refractivity contribution in [1.29, 1.82) is 0 Å². The van der Waals surface area contributed by atoms with Crippen LogP contribution in [-0.2, 0) is 11.3 Å². The van der Waals surface area contributed by atoms with Crippen LogP contribution >= 0.6 is 0 Å². The first-order valence-electron chi connectivity index (χ1n) is 8.14. The third-order valence-electron chi connectivity index (χ3n) is 4.62. The van der Waals surface area contributed by atoms with E-state index < -0.39 is 11.6 Å². The lowest BCUT2D eigenvalue weighted by Gasteiger charge is -2.28. The fourth-order valence-electron chi connectivity index (χ4n) is 2.97. The largest absolute Gasteiger partial charge is 0.505 e. The van der Waals surface area contributed by atoms with Crippen LogP contribution in [0.15, 0.2) is 42.5 Å². The maximum Gasteiger partial charge on any atom is 0.325 e. The van der Waals surface area contributed by atoms with Gasteiger partial charge in [-0.15, -0.1) is 15.0 Å². The molecule has 0 spiro atoms. The summed E-state index contributed by atoms with van der Waals surface area (Å²) in [5.74, 6) is -0.395. The molecule has 1 fully saturated rings. The first-order chi connectivity index (χ1) is 12.4. The molecular weight excluding hydrogens is 334 g/mol. The van der Waals surface area contributed by atoms with Crippen LogP contribution in [0.1, 0.15) is 19.4 Å². The van der Waals surface area contributed by atoms with Crippen molar-refractivity contribution in [2.45, 2.75) is 25.9 Å². The molecule has 0 aliphatic carbocycles. The first kappa shape index (κ1) is 16.1. The number of aromatic nitrogens is 3. The number of para-hydroxylation sites is 1. The number of nitrogens with one attached hydrogen (secondary N) is 1. The van der Waals surface area contributed by atoms with Crippen LogP contribution in [-0.4, -0.2) is 42.5 Å². The fraction of sp³-hybridized carbons (Fsp3) is 0.222. The van der Waals surface area contributed by atoms with Crippen LogP contribution in [0.4, 0.5) is 4.79 Å². The van der Waals surface area contributed by atoms with Crippen LogP contribution < -0.4 is 5.32 Å². The quantitative estimate of drug-likeness (QED) is 0.703. The molecule has 0 saturated carbocycles. The predicted molar refractivity (Wildman–Crippen MR) is 93.7 cm³/mol. The van der Waals surface area contributed by atoms with Crippen molar-refractivity contribution in [3.05, 3.63) is 48.0 Å². The summed E-state index contributed by atoms with van der Waals surface area (Å²) in [4.78, 5) is 26.7. The smallest absolute Gasteiger partial charge is 0.325 e. The van der Waals surface area contributed by atoms with Gasteiger partial charge in [-0.05, 0) is 32.0 Å². The number of carbonyl (C=O) groups is 2. The molecule has 1 aliphatic rings. The van der Waals surface area contributed by atoms with Crippen molar-refractivity contribution >= 4 is 23.0 Å². The van der Waals surface area contributed by atoms with E-state index in [4.69, 9.17) is 0 Å². The second-order valence-electron chi connectivity index (χ2n) is 6.67. The maximum atomic E-state index is 12.1. The SMILES string of the molecule is CC1(C)C(=O)NC(=O)N1Cc1cccc(-n2nc3ccccc3n2)c1O. The number of carbonyl (C=O) groups excluding carboxylic acids is 2. The predicted octanol–water partition coefficient (Wildman–Crippen LogP) is 1.96. The zero-order valence-electron chi connectivity index (χ0n) is 14.3. The Morgan fingerprint density at radius 3 is 2.27 bits per heavy atom. The second kappa shape index (κ2) is 5.55. The molecule has 0 bridgehead atoms. The number of aromatic hydroxyl groups is 1. The van der Waals surface area contributed by atoms with E-state index in [1.54, 1.807) is 32.0 Å². The monoisotopic (exact) mass is 351 g/mol. The number of benzene rings is 2. The number of fused-ring (bicyclic) bond motifs is 1. The molecule has 0 unspecified atom stereocenters. The van der Waals surface area contributed by atoms with E-state index in [1.165, 1.54) is 9.70 Å². The zero-order chi connectivity index (χ0) is 18.5. The van der Waals surface area contributed by atoms with Crippen molar-refractivity contribution in [3.63, 3.8) is 0 Å².